The van der Waals surface area contributed by atoms with Gasteiger partial charge in [-0.05, 0) is 23.8 Å². The maximum absolute atomic E-state index is 12.7. The Labute approximate surface area is 129 Å². The summed E-state index contributed by atoms with van der Waals surface area (Å²) in [4.78, 5) is 23.4. The van der Waals surface area contributed by atoms with Crippen molar-refractivity contribution in [3.8, 4) is 0 Å². The van der Waals surface area contributed by atoms with Crippen LogP contribution in [0.4, 0.5) is 0 Å². The third-order valence-electron chi connectivity index (χ3n) is 3.59. The number of rotatable bonds is 3. The number of aromatic carboxylic acids is 1. The zero-order valence-electron chi connectivity index (χ0n) is 11.4. The Morgan fingerprint density at radius 1 is 1.14 bits per heavy atom. The van der Waals surface area contributed by atoms with E-state index >= 15 is 0 Å². The van der Waals surface area contributed by atoms with Gasteiger partial charge in [-0.25, -0.2) is 4.79 Å². The molecule has 1 unspecified atom stereocenters. The molecule has 2 aromatic rings. The highest BCUT2D eigenvalue weighted by molar-refractivity contribution is 7.91. The minimum atomic E-state index is -1.50. The molecular weight excluding hydrogens is 304 g/mol. The molecule has 1 heterocycles. The summed E-state index contributed by atoms with van der Waals surface area (Å²) >= 11 is -1.50. The zero-order valence-corrected chi connectivity index (χ0v) is 12.2. The van der Waals surface area contributed by atoms with Gasteiger partial charge in [-0.2, -0.15) is 0 Å². The molecule has 0 saturated carbocycles. The topological polar surface area (TPSA) is 97.7 Å². The Kier molecular flexibility index (Phi) is 3.64. The van der Waals surface area contributed by atoms with Crippen LogP contribution >= 0.6 is 0 Å². The monoisotopic (exact) mass is 316 g/mol. The van der Waals surface area contributed by atoms with Crippen molar-refractivity contribution in [2.45, 2.75) is 22.6 Å². The van der Waals surface area contributed by atoms with Crippen LogP contribution in [-0.2, 0) is 28.8 Å². The molecule has 3 rings (SSSR count). The van der Waals surface area contributed by atoms with Crippen molar-refractivity contribution in [3.05, 3.63) is 58.7 Å². The molecule has 2 N–H and O–H groups in total. The maximum atomic E-state index is 12.7. The van der Waals surface area contributed by atoms with E-state index in [4.69, 9.17) is 5.11 Å². The number of carbonyl (C=O) groups is 2. The summed E-state index contributed by atoms with van der Waals surface area (Å²) in [7, 11) is 0. The van der Waals surface area contributed by atoms with Gasteiger partial charge in [0.05, 0.1) is 12.0 Å². The third kappa shape index (κ3) is 2.47. The van der Waals surface area contributed by atoms with E-state index in [0.717, 1.165) is 5.56 Å². The van der Waals surface area contributed by atoms with Crippen molar-refractivity contribution in [3.63, 3.8) is 0 Å². The smallest absolute Gasteiger partial charge is 0.336 e. The molecule has 5 nitrogen and oxygen atoms in total. The fraction of sp³-hybridized carbons (Fsp3) is 0.125. The Hall–Kier alpha value is -2.31. The lowest BCUT2D eigenvalue weighted by Crippen LogP contribution is -2.19. The Balaban J connectivity index is 2.19. The van der Waals surface area contributed by atoms with Crippen LogP contribution < -0.4 is 0 Å². The molecule has 0 radical (unpaired) electrons. The minimum Gasteiger partial charge on any atom is -0.606 e. The summed E-state index contributed by atoms with van der Waals surface area (Å²) in [5.74, 6) is -2.20. The van der Waals surface area contributed by atoms with E-state index in [9.17, 15) is 19.2 Å². The number of hydrogen-bond donors (Lipinski definition) is 2. The summed E-state index contributed by atoms with van der Waals surface area (Å²) < 4.78 is 12.7. The van der Waals surface area contributed by atoms with E-state index in [0.29, 0.717) is 27.3 Å². The lowest BCUT2D eigenvalue weighted by Gasteiger charge is -2.23. The highest BCUT2D eigenvalue weighted by Crippen LogP contribution is 2.36. The second kappa shape index (κ2) is 5.47. The minimum absolute atomic E-state index is 0.0246. The van der Waals surface area contributed by atoms with Crippen molar-refractivity contribution in [1.82, 2.24) is 0 Å². The van der Waals surface area contributed by atoms with Gasteiger partial charge in [-0.15, -0.1) is 0 Å². The Bertz CT molecular complexity index is 784. The van der Waals surface area contributed by atoms with Crippen molar-refractivity contribution in [2.24, 2.45) is 0 Å². The van der Waals surface area contributed by atoms with Gasteiger partial charge in [0.25, 0.3) is 0 Å². The van der Waals surface area contributed by atoms with E-state index in [1.54, 1.807) is 18.2 Å². The number of carboxylic acids is 2. The van der Waals surface area contributed by atoms with Crippen LogP contribution in [0.25, 0.3) is 0 Å². The second-order valence-corrected chi connectivity index (χ2v) is 6.47. The van der Waals surface area contributed by atoms with Crippen LogP contribution in [0.15, 0.2) is 46.2 Å². The number of hydrogen-bond acceptors (Lipinski definition) is 3. The maximum Gasteiger partial charge on any atom is 0.336 e. The first-order chi connectivity index (χ1) is 10.5. The van der Waals surface area contributed by atoms with E-state index in [1.165, 1.54) is 6.07 Å². The van der Waals surface area contributed by atoms with Crippen molar-refractivity contribution >= 4 is 23.1 Å². The summed E-state index contributed by atoms with van der Waals surface area (Å²) in [6.07, 6.45) is 0.0820. The molecule has 0 aromatic heterocycles. The van der Waals surface area contributed by atoms with Crippen molar-refractivity contribution in [2.75, 3.05) is 0 Å². The standard InChI is InChI=1S/C16H12O5S/c17-15(18)7-9-5-12(16(19)20)11-8-10-3-1-2-4-13(10)22(21)14(11)6-9/h1-6H,7-8H2,(H,17,18)(H,19,20). The molecule has 0 bridgehead atoms. The molecule has 112 valence electrons. The molecule has 0 spiro atoms. The van der Waals surface area contributed by atoms with Gasteiger partial charge in [0.15, 0.2) is 9.79 Å². The van der Waals surface area contributed by atoms with Crippen LogP contribution in [0.1, 0.15) is 27.0 Å². The second-order valence-electron chi connectivity index (χ2n) is 5.05. The summed E-state index contributed by atoms with van der Waals surface area (Å²) in [5.41, 5.74) is 1.70. The fourth-order valence-electron chi connectivity index (χ4n) is 2.66. The molecule has 0 aliphatic carbocycles. The predicted octanol–water partition coefficient (Wildman–Crippen LogP) is 2.08. The molecule has 1 atom stereocenters. The highest BCUT2D eigenvalue weighted by Gasteiger charge is 2.32. The Morgan fingerprint density at radius 2 is 1.86 bits per heavy atom. The Morgan fingerprint density at radius 3 is 2.55 bits per heavy atom. The van der Waals surface area contributed by atoms with Crippen LogP contribution in [0, 0.1) is 0 Å². The molecule has 2 aromatic carbocycles. The van der Waals surface area contributed by atoms with Crippen LogP contribution in [0.3, 0.4) is 0 Å². The first-order valence-corrected chi connectivity index (χ1v) is 7.73. The summed E-state index contributed by atoms with van der Waals surface area (Å²) in [6.45, 7) is 0. The molecule has 6 heteroatoms. The molecule has 1 aliphatic rings. The molecule has 0 saturated heterocycles. The number of carboxylic acid groups (broad SMARTS) is 2. The highest BCUT2D eigenvalue weighted by atomic mass is 32.2. The number of benzene rings is 2. The third-order valence-corrected chi connectivity index (χ3v) is 5.16. The average molecular weight is 316 g/mol. The zero-order chi connectivity index (χ0) is 15.9. The normalized spacial score (nSPS) is 15.8. The van der Waals surface area contributed by atoms with E-state index in [1.807, 2.05) is 12.1 Å². The van der Waals surface area contributed by atoms with Crippen LogP contribution in [-0.4, -0.2) is 26.7 Å². The van der Waals surface area contributed by atoms with Gasteiger partial charge >= 0.3 is 11.9 Å². The van der Waals surface area contributed by atoms with E-state index in [2.05, 4.69) is 0 Å². The van der Waals surface area contributed by atoms with Crippen LogP contribution in [0.2, 0.25) is 0 Å². The van der Waals surface area contributed by atoms with Gasteiger partial charge in [0, 0.05) is 28.7 Å². The largest absolute Gasteiger partial charge is 0.606 e. The van der Waals surface area contributed by atoms with Crippen LogP contribution in [0.5, 0.6) is 0 Å². The SMILES string of the molecule is O=C(O)Cc1cc(C(=O)O)c2c(c1)[S+]([O-])c1ccccc1C2. The lowest BCUT2D eigenvalue weighted by molar-refractivity contribution is -0.136. The van der Waals surface area contributed by atoms with Gasteiger partial charge < -0.3 is 14.8 Å². The van der Waals surface area contributed by atoms with Crippen molar-refractivity contribution < 1.29 is 24.4 Å². The quantitative estimate of drug-likeness (QED) is 0.845. The first kappa shape index (κ1) is 14.6. The average Bonchev–Trinajstić information content (AvgIpc) is 2.47. The number of aliphatic carboxylic acids is 1. The van der Waals surface area contributed by atoms with E-state index in [-0.39, 0.29) is 12.0 Å². The molecular formula is C16H12O5S. The summed E-state index contributed by atoms with van der Waals surface area (Å²) in [6, 6.07) is 10.1. The van der Waals surface area contributed by atoms with Gasteiger partial charge in [-0.1, -0.05) is 18.2 Å². The lowest BCUT2D eigenvalue weighted by atomic mass is 9.96. The fourth-order valence-corrected chi connectivity index (χ4v) is 4.14. The van der Waals surface area contributed by atoms with Gasteiger partial charge in [0.1, 0.15) is 0 Å². The molecule has 0 fully saturated rings. The summed E-state index contributed by atoms with van der Waals surface area (Å²) in [5, 5.41) is 18.3. The molecule has 1 aliphatic heterocycles. The molecule has 0 amide bonds. The molecule has 22 heavy (non-hydrogen) atoms. The van der Waals surface area contributed by atoms with E-state index < -0.39 is 23.1 Å². The predicted molar refractivity (Wildman–Crippen MR) is 78.7 cm³/mol. The first-order valence-electron chi connectivity index (χ1n) is 6.58. The number of fused-ring (bicyclic) bond motifs is 2. The van der Waals surface area contributed by atoms with Crippen molar-refractivity contribution in [1.29, 1.82) is 0 Å². The van der Waals surface area contributed by atoms with Gasteiger partial charge in [0.2, 0.25) is 0 Å². The van der Waals surface area contributed by atoms with Gasteiger partial charge in [-0.3, -0.25) is 4.79 Å².